The third-order valence-corrected chi connectivity index (χ3v) is 2.00. The quantitative estimate of drug-likeness (QED) is 0.680. The van der Waals surface area contributed by atoms with E-state index in [9.17, 15) is 4.79 Å². The van der Waals surface area contributed by atoms with Crippen LogP contribution in [0.3, 0.4) is 0 Å². The van der Waals surface area contributed by atoms with Crippen LogP contribution in [0.15, 0.2) is 11.8 Å². The molecule has 0 aromatic heterocycles. The summed E-state index contributed by atoms with van der Waals surface area (Å²) in [6, 6.07) is -0.292. The molecule has 68 valence electrons. The summed E-state index contributed by atoms with van der Waals surface area (Å²) in [4.78, 5) is 12.6. The van der Waals surface area contributed by atoms with E-state index in [-0.39, 0.29) is 6.04 Å². The third-order valence-electron chi connectivity index (χ3n) is 2.00. The zero-order valence-electron chi connectivity index (χ0n) is 7.58. The normalized spacial score (nSPS) is 22.5. The largest absolute Gasteiger partial charge is 0.480 e. The lowest BCUT2D eigenvalue weighted by Gasteiger charge is -2.19. The lowest BCUT2D eigenvalue weighted by atomic mass is 10.2. The molecule has 0 radical (unpaired) electrons. The van der Waals surface area contributed by atoms with Crippen LogP contribution in [-0.2, 0) is 4.79 Å². The van der Waals surface area contributed by atoms with Gasteiger partial charge in [0.15, 0.2) is 0 Å². The van der Waals surface area contributed by atoms with Gasteiger partial charge < -0.3 is 10.0 Å². The zero-order chi connectivity index (χ0) is 9.14. The molecule has 0 unspecified atom stereocenters. The van der Waals surface area contributed by atoms with Gasteiger partial charge in [0, 0.05) is 6.54 Å². The maximum atomic E-state index is 10.7. The van der Waals surface area contributed by atoms with Gasteiger partial charge in [-0.05, 0) is 32.9 Å². The van der Waals surface area contributed by atoms with E-state index in [1.807, 2.05) is 24.9 Å². The lowest BCUT2D eigenvalue weighted by Crippen LogP contribution is -2.31. The molecule has 3 heteroatoms. The highest BCUT2D eigenvalue weighted by Crippen LogP contribution is 2.18. The lowest BCUT2D eigenvalue weighted by molar-refractivity contribution is -0.141. The second-order valence-corrected chi connectivity index (χ2v) is 3.44. The van der Waals surface area contributed by atoms with E-state index in [1.54, 1.807) is 0 Å². The highest BCUT2D eigenvalue weighted by molar-refractivity contribution is 5.74. The van der Waals surface area contributed by atoms with Crippen LogP contribution < -0.4 is 0 Å². The molecular weight excluding hydrogens is 154 g/mol. The van der Waals surface area contributed by atoms with Crippen molar-refractivity contribution in [1.82, 2.24) is 4.90 Å². The summed E-state index contributed by atoms with van der Waals surface area (Å²) in [7, 11) is 0. The van der Waals surface area contributed by atoms with Crippen LogP contribution in [0.2, 0.25) is 0 Å². The average molecular weight is 169 g/mol. The molecular formula is C9H15NO2. The zero-order valence-corrected chi connectivity index (χ0v) is 7.58. The second kappa shape index (κ2) is 3.61. The van der Waals surface area contributed by atoms with E-state index in [0.29, 0.717) is 0 Å². The summed E-state index contributed by atoms with van der Waals surface area (Å²) < 4.78 is 0. The fraction of sp³-hybridized carbons (Fsp3) is 0.667. The van der Waals surface area contributed by atoms with Crippen LogP contribution in [0.25, 0.3) is 0 Å². The molecule has 0 aromatic rings. The maximum absolute atomic E-state index is 10.7. The minimum absolute atomic E-state index is 0.292. The highest BCUT2D eigenvalue weighted by Gasteiger charge is 2.27. The van der Waals surface area contributed by atoms with Crippen LogP contribution in [-0.4, -0.2) is 28.6 Å². The molecule has 0 aliphatic carbocycles. The number of likely N-dealkylation sites (tertiary alicyclic amines) is 1. The Kier molecular flexibility index (Phi) is 2.74. The molecule has 0 aromatic carbocycles. The molecule has 0 saturated carbocycles. The van der Waals surface area contributed by atoms with Gasteiger partial charge >= 0.3 is 5.97 Å². The minimum atomic E-state index is -0.704. The first-order valence-corrected chi connectivity index (χ1v) is 4.25. The van der Waals surface area contributed by atoms with Gasteiger partial charge in [0.25, 0.3) is 0 Å². The molecule has 3 nitrogen and oxygen atoms in total. The van der Waals surface area contributed by atoms with Gasteiger partial charge in [-0.25, -0.2) is 4.79 Å². The van der Waals surface area contributed by atoms with Crippen LogP contribution in [0, 0.1) is 0 Å². The first-order chi connectivity index (χ1) is 5.61. The Labute approximate surface area is 72.7 Å². The van der Waals surface area contributed by atoms with Gasteiger partial charge in [-0.1, -0.05) is 5.57 Å². The first kappa shape index (κ1) is 9.10. The van der Waals surface area contributed by atoms with Crippen molar-refractivity contribution in [3.63, 3.8) is 0 Å². The Balaban J connectivity index is 2.64. The number of carbonyl (C=O) groups is 1. The Bertz CT molecular complexity index is 207. The summed E-state index contributed by atoms with van der Waals surface area (Å²) in [6.07, 6.45) is 3.70. The number of allylic oxidation sites excluding steroid dienone is 1. The van der Waals surface area contributed by atoms with Crippen molar-refractivity contribution in [2.45, 2.75) is 32.7 Å². The van der Waals surface area contributed by atoms with Gasteiger partial charge in [0.1, 0.15) is 6.04 Å². The molecule has 1 atom stereocenters. The van der Waals surface area contributed by atoms with E-state index in [0.717, 1.165) is 25.0 Å². The summed E-state index contributed by atoms with van der Waals surface area (Å²) in [5.41, 5.74) is 1.16. The van der Waals surface area contributed by atoms with E-state index in [2.05, 4.69) is 0 Å². The van der Waals surface area contributed by atoms with Crippen LogP contribution >= 0.6 is 0 Å². The topological polar surface area (TPSA) is 40.5 Å². The number of nitrogens with zero attached hydrogens (tertiary/aromatic N) is 1. The summed E-state index contributed by atoms with van der Waals surface area (Å²) in [5, 5.41) is 8.83. The van der Waals surface area contributed by atoms with Crippen molar-refractivity contribution in [2.24, 2.45) is 0 Å². The predicted octanol–water partition coefficient (Wildman–Crippen LogP) is 1.46. The van der Waals surface area contributed by atoms with Crippen molar-refractivity contribution in [3.8, 4) is 0 Å². The molecule has 1 fully saturated rings. The summed E-state index contributed by atoms with van der Waals surface area (Å²) in [5.74, 6) is -0.704. The molecule has 1 rings (SSSR count). The van der Waals surface area contributed by atoms with Crippen LogP contribution in [0.4, 0.5) is 0 Å². The Morgan fingerprint density at radius 1 is 1.58 bits per heavy atom. The molecule has 0 amide bonds. The average Bonchev–Trinajstić information content (AvgIpc) is 2.33. The molecule has 1 saturated heterocycles. The molecule has 0 bridgehead atoms. The fourth-order valence-electron chi connectivity index (χ4n) is 1.54. The number of hydrogen-bond acceptors (Lipinski definition) is 2. The van der Waals surface area contributed by atoms with E-state index in [1.165, 1.54) is 0 Å². The van der Waals surface area contributed by atoms with E-state index >= 15 is 0 Å². The van der Waals surface area contributed by atoms with Crippen molar-refractivity contribution < 1.29 is 9.90 Å². The number of aliphatic carboxylic acids is 1. The predicted molar refractivity (Wildman–Crippen MR) is 46.8 cm³/mol. The standard InChI is InChI=1S/C9H15NO2/c1-7(2)6-10-5-3-4-8(10)9(11)12/h6,8H,3-5H2,1-2H3,(H,11,12)/t8-/m0/s1. The number of rotatable bonds is 2. The SMILES string of the molecule is CC(C)=CN1CCC[C@H]1C(=O)O. The number of hydrogen-bond donors (Lipinski definition) is 1. The summed E-state index contributed by atoms with van der Waals surface area (Å²) >= 11 is 0. The van der Waals surface area contributed by atoms with Crippen LogP contribution in [0.5, 0.6) is 0 Å². The van der Waals surface area contributed by atoms with Crippen LogP contribution in [0.1, 0.15) is 26.7 Å². The minimum Gasteiger partial charge on any atom is -0.480 e. The first-order valence-electron chi connectivity index (χ1n) is 4.25. The highest BCUT2D eigenvalue weighted by atomic mass is 16.4. The Hall–Kier alpha value is -0.990. The van der Waals surface area contributed by atoms with Crippen molar-refractivity contribution >= 4 is 5.97 Å². The van der Waals surface area contributed by atoms with E-state index in [4.69, 9.17) is 5.11 Å². The second-order valence-electron chi connectivity index (χ2n) is 3.44. The third kappa shape index (κ3) is 2.00. The molecule has 1 N–H and O–H groups in total. The van der Waals surface area contributed by atoms with Gasteiger partial charge in [-0.2, -0.15) is 0 Å². The molecule has 1 aliphatic rings. The Morgan fingerprint density at radius 2 is 2.25 bits per heavy atom. The maximum Gasteiger partial charge on any atom is 0.326 e. The van der Waals surface area contributed by atoms with Crippen molar-refractivity contribution in [2.75, 3.05) is 6.54 Å². The molecule has 12 heavy (non-hydrogen) atoms. The van der Waals surface area contributed by atoms with Gasteiger partial charge in [0.2, 0.25) is 0 Å². The smallest absolute Gasteiger partial charge is 0.326 e. The molecule has 0 spiro atoms. The Morgan fingerprint density at radius 3 is 2.75 bits per heavy atom. The molecule has 1 heterocycles. The monoisotopic (exact) mass is 169 g/mol. The summed E-state index contributed by atoms with van der Waals surface area (Å²) in [6.45, 7) is 4.84. The van der Waals surface area contributed by atoms with Gasteiger partial charge in [-0.15, -0.1) is 0 Å². The van der Waals surface area contributed by atoms with E-state index < -0.39 is 5.97 Å². The van der Waals surface area contributed by atoms with Gasteiger partial charge in [-0.3, -0.25) is 0 Å². The van der Waals surface area contributed by atoms with Crippen molar-refractivity contribution in [1.29, 1.82) is 0 Å². The van der Waals surface area contributed by atoms with Crippen molar-refractivity contribution in [3.05, 3.63) is 11.8 Å². The van der Waals surface area contributed by atoms with Gasteiger partial charge in [0.05, 0.1) is 0 Å². The number of carboxylic acids is 1. The number of carboxylic acid groups (broad SMARTS) is 1. The fourth-order valence-corrected chi connectivity index (χ4v) is 1.54. The molecule has 1 aliphatic heterocycles.